The lowest BCUT2D eigenvalue weighted by Gasteiger charge is -2.04. The molecule has 2 aromatic rings. The van der Waals surface area contributed by atoms with Gasteiger partial charge >= 0.3 is 0 Å². The van der Waals surface area contributed by atoms with Crippen molar-refractivity contribution < 1.29 is 22.8 Å². The van der Waals surface area contributed by atoms with Crippen LogP contribution in [-0.4, -0.2) is 17.1 Å². The first-order valence-corrected chi connectivity index (χ1v) is 7.63. The molecule has 2 amide bonds. The van der Waals surface area contributed by atoms with Crippen molar-refractivity contribution in [2.45, 2.75) is 19.3 Å². The van der Waals surface area contributed by atoms with E-state index in [9.17, 15) is 18.4 Å². The fraction of sp³-hybridized carbons (Fsp3) is 0.286. The number of anilines is 1. The number of hydrogen-bond acceptors (Lipinski definition) is 3. The van der Waals surface area contributed by atoms with Crippen molar-refractivity contribution in [3.8, 4) is 0 Å². The molecule has 0 bridgehead atoms. The van der Waals surface area contributed by atoms with E-state index in [0.717, 1.165) is 17.8 Å². The van der Waals surface area contributed by atoms with E-state index in [0.29, 0.717) is 12.5 Å². The second-order valence-electron chi connectivity index (χ2n) is 4.63. The maximum absolute atomic E-state index is 13.7. The average molecular weight is 375 g/mol. The third kappa shape index (κ3) is 3.44. The Labute approximate surface area is 133 Å². The number of halogens is 3. The van der Waals surface area contributed by atoms with Crippen LogP contribution in [0.1, 0.15) is 29.8 Å². The molecule has 0 radical (unpaired) electrons. The first kappa shape index (κ1) is 16.4. The third-order valence-electron chi connectivity index (χ3n) is 2.98. The first-order chi connectivity index (χ1) is 10.4. The van der Waals surface area contributed by atoms with Crippen molar-refractivity contribution in [2.24, 2.45) is 5.73 Å². The normalized spacial score (nSPS) is 10.9. The van der Waals surface area contributed by atoms with Gasteiger partial charge in [-0.05, 0) is 18.9 Å². The zero-order valence-electron chi connectivity index (χ0n) is 11.4. The molecule has 118 valence electrons. The molecule has 0 aliphatic rings. The number of nitrogens with two attached hydrogens (primary N) is 1. The van der Waals surface area contributed by atoms with E-state index in [1.807, 2.05) is 0 Å². The highest BCUT2D eigenvalue weighted by atomic mass is 79.9. The summed E-state index contributed by atoms with van der Waals surface area (Å²) in [5, 5.41) is 3.17. The monoisotopic (exact) mass is 374 g/mol. The van der Waals surface area contributed by atoms with E-state index in [2.05, 4.69) is 21.2 Å². The Bertz CT molecular complexity index is 730. The highest BCUT2D eigenvalue weighted by Gasteiger charge is 2.23. The summed E-state index contributed by atoms with van der Waals surface area (Å²) in [6, 6.07) is 1.60. The maximum atomic E-state index is 13.7. The van der Waals surface area contributed by atoms with Gasteiger partial charge in [-0.15, -0.1) is 0 Å². The third-order valence-corrected chi connectivity index (χ3v) is 3.55. The van der Waals surface area contributed by atoms with E-state index in [1.165, 1.54) is 0 Å². The number of hydrogen-bond donors (Lipinski definition) is 2. The van der Waals surface area contributed by atoms with Gasteiger partial charge in [0.15, 0.2) is 11.4 Å². The summed E-state index contributed by atoms with van der Waals surface area (Å²) in [7, 11) is 0. The SMILES string of the molecule is NC(=O)c1oc2c(F)cc(F)cc2c1NC(=O)CCCCBr. The molecule has 3 N–H and O–H groups in total. The van der Waals surface area contributed by atoms with Crippen LogP contribution in [0.15, 0.2) is 16.5 Å². The molecule has 0 aliphatic heterocycles. The van der Waals surface area contributed by atoms with Crippen molar-refractivity contribution in [3.05, 3.63) is 29.5 Å². The van der Waals surface area contributed by atoms with E-state index >= 15 is 0 Å². The molecule has 1 aromatic heterocycles. The topological polar surface area (TPSA) is 85.3 Å². The summed E-state index contributed by atoms with van der Waals surface area (Å²) in [4.78, 5) is 23.3. The van der Waals surface area contributed by atoms with Gasteiger partial charge in [0.1, 0.15) is 11.5 Å². The molecule has 22 heavy (non-hydrogen) atoms. The number of amides is 2. The summed E-state index contributed by atoms with van der Waals surface area (Å²) in [5.74, 6) is -3.61. The number of carbonyl (C=O) groups excluding carboxylic acids is 2. The molecule has 0 aliphatic carbocycles. The van der Waals surface area contributed by atoms with Crippen LogP contribution in [-0.2, 0) is 4.79 Å². The van der Waals surface area contributed by atoms with Gasteiger partial charge in [-0.3, -0.25) is 9.59 Å². The minimum atomic E-state index is -0.980. The number of nitrogens with one attached hydrogen (secondary N) is 1. The highest BCUT2D eigenvalue weighted by molar-refractivity contribution is 9.09. The van der Waals surface area contributed by atoms with E-state index in [1.54, 1.807) is 0 Å². The van der Waals surface area contributed by atoms with Crippen LogP contribution < -0.4 is 11.1 Å². The second kappa shape index (κ2) is 6.87. The van der Waals surface area contributed by atoms with Crippen molar-refractivity contribution in [3.63, 3.8) is 0 Å². The molecule has 1 aromatic carbocycles. The Kier molecular flexibility index (Phi) is 5.12. The second-order valence-corrected chi connectivity index (χ2v) is 5.42. The standard InChI is InChI=1S/C14H13BrF2N2O3/c15-4-2-1-3-10(20)19-11-8-5-7(16)6-9(17)12(8)22-13(11)14(18)21/h5-6H,1-4H2,(H2,18,21)(H,19,20). The lowest BCUT2D eigenvalue weighted by molar-refractivity contribution is -0.116. The van der Waals surface area contributed by atoms with Crippen LogP contribution in [0.4, 0.5) is 14.5 Å². The van der Waals surface area contributed by atoms with Gasteiger partial charge in [-0.2, -0.15) is 0 Å². The summed E-state index contributed by atoms with van der Waals surface area (Å²) in [6.07, 6.45) is 1.63. The van der Waals surface area contributed by atoms with Crippen LogP contribution in [0.5, 0.6) is 0 Å². The number of fused-ring (bicyclic) bond motifs is 1. The quantitative estimate of drug-likeness (QED) is 0.600. The molecular formula is C14H13BrF2N2O3. The average Bonchev–Trinajstić information content (AvgIpc) is 2.78. The molecule has 0 unspecified atom stereocenters. The van der Waals surface area contributed by atoms with Gasteiger partial charge in [0.2, 0.25) is 11.7 Å². The number of furan rings is 1. The largest absolute Gasteiger partial charge is 0.446 e. The zero-order valence-corrected chi connectivity index (χ0v) is 13.0. The number of alkyl halides is 1. The predicted octanol–water partition coefficient (Wildman–Crippen LogP) is 3.31. The van der Waals surface area contributed by atoms with Crippen LogP contribution in [0.2, 0.25) is 0 Å². The molecule has 1 heterocycles. The lowest BCUT2D eigenvalue weighted by atomic mass is 10.2. The van der Waals surface area contributed by atoms with Crippen LogP contribution in [0.25, 0.3) is 11.0 Å². The van der Waals surface area contributed by atoms with E-state index in [-0.39, 0.29) is 23.1 Å². The van der Waals surface area contributed by atoms with Crippen molar-refractivity contribution in [2.75, 3.05) is 10.6 Å². The smallest absolute Gasteiger partial charge is 0.286 e. The van der Waals surface area contributed by atoms with Crippen LogP contribution in [0, 0.1) is 11.6 Å². The minimum absolute atomic E-state index is 0.0415. The molecule has 0 spiro atoms. The Morgan fingerprint density at radius 3 is 2.64 bits per heavy atom. The van der Waals surface area contributed by atoms with Crippen molar-refractivity contribution in [1.82, 2.24) is 0 Å². The van der Waals surface area contributed by atoms with E-state index in [4.69, 9.17) is 10.2 Å². The van der Waals surface area contributed by atoms with E-state index < -0.39 is 29.2 Å². The highest BCUT2D eigenvalue weighted by Crippen LogP contribution is 2.33. The number of carbonyl (C=O) groups is 2. The van der Waals surface area contributed by atoms with Gasteiger partial charge in [-0.1, -0.05) is 15.9 Å². The number of primary amides is 1. The Hall–Kier alpha value is -1.96. The summed E-state index contributed by atoms with van der Waals surface area (Å²) >= 11 is 3.25. The van der Waals surface area contributed by atoms with Crippen molar-refractivity contribution in [1.29, 1.82) is 0 Å². The predicted molar refractivity (Wildman–Crippen MR) is 80.9 cm³/mol. The summed E-state index contributed by atoms with van der Waals surface area (Å²) in [5.41, 5.74) is 4.72. The molecule has 5 nitrogen and oxygen atoms in total. The number of unbranched alkanes of at least 4 members (excludes halogenated alkanes) is 1. The first-order valence-electron chi connectivity index (χ1n) is 6.51. The maximum Gasteiger partial charge on any atom is 0.286 e. The Balaban J connectivity index is 2.40. The molecule has 0 fully saturated rings. The van der Waals surface area contributed by atoms with Gasteiger partial charge < -0.3 is 15.5 Å². The lowest BCUT2D eigenvalue weighted by Crippen LogP contribution is -2.16. The van der Waals surface area contributed by atoms with Gasteiger partial charge in [0.25, 0.3) is 5.91 Å². The van der Waals surface area contributed by atoms with Gasteiger partial charge in [-0.25, -0.2) is 8.78 Å². The fourth-order valence-corrected chi connectivity index (χ4v) is 2.40. The summed E-state index contributed by atoms with van der Waals surface area (Å²) in [6.45, 7) is 0. The molecule has 2 rings (SSSR count). The fourth-order valence-electron chi connectivity index (χ4n) is 2.00. The number of benzene rings is 1. The molecule has 0 saturated carbocycles. The number of rotatable bonds is 6. The van der Waals surface area contributed by atoms with Crippen LogP contribution in [0.3, 0.4) is 0 Å². The molecule has 0 atom stereocenters. The molecule has 0 saturated heterocycles. The molecular weight excluding hydrogens is 362 g/mol. The van der Waals surface area contributed by atoms with Gasteiger partial charge in [0.05, 0.1) is 5.39 Å². The Morgan fingerprint density at radius 2 is 2.00 bits per heavy atom. The van der Waals surface area contributed by atoms with Gasteiger partial charge in [0, 0.05) is 17.8 Å². The summed E-state index contributed by atoms with van der Waals surface area (Å²) < 4.78 is 32.1. The van der Waals surface area contributed by atoms with Crippen LogP contribution >= 0.6 is 15.9 Å². The van der Waals surface area contributed by atoms with Crippen molar-refractivity contribution >= 4 is 44.4 Å². The minimum Gasteiger partial charge on any atom is -0.446 e. The zero-order chi connectivity index (χ0) is 16.3. The molecule has 8 heteroatoms. The Morgan fingerprint density at radius 1 is 1.27 bits per heavy atom.